The number of likely N-dealkylation sites (N-methyl/N-ethyl adjacent to an activating group) is 1. The number of nitrogens with zero attached hydrogens (tertiary/aromatic N) is 5. The summed E-state index contributed by atoms with van der Waals surface area (Å²) >= 11 is 6.15. The molecule has 5 nitrogen and oxygen atoms in total. The zero-order chi connectivity index (χ0) is 15.2. The van der Waals surface area contributed by atoms with E-state index in [1.165, 1.54) is 19.3 Å². The second kappa shape index (κ2) is 5.29. The minimum Gasteiger partial charge on any atom is -0.310 e. The fourth-order valence-corrected chi connectivity index (χ4v) is 3.62. The molecule has 116 valence electrons. The topological polar surface area (TPSA) is 38.9 Å². The molecule has 0 amide bonds. The monoisotopic (exact) mass is 309 g/mol. The first-order valence-electron chi connectivity index (χ1n) is 7.67. The largest absolute Gasteiger partial charge is 0.310 e. The molecule has 0 spiro atoms. The molecule has 0 bridgehead atoms. The van der Waals surface area contributed by atoms with Crippen LogP contribution in [0.5, 0.6) is 0 Å². The highest BCUT2D eigenvalue weighted by Crippen LogP contribution is 2.39. The van der Waals surface area contributed by atoms with Crippen molar-refractivity contribution in [2.24, 2.45) is 7.05 Å². The number of hydrogen-bond acceptors (Lipinski definition) is 3. The summed E-state index contributed by atoms with van der Waals surface area (Å²) in [6.07, 6.45) is 4.67. The summed E-state index contributed by atoms with van der Waals surface area (Å²) in [4.78, 5) is 7.11. The predicted octanol–water partition coefficient (Wildman–Crippen LogP) is 2.56. The van der Waals surface area contributed by atoms with E-state index in [4.69, 9.17) is 16.6 Å². The van der Waals surface area contributed by atoms with Gasteiger partial charge in [0.1, 0.15) is 11.3 Å². The van der Waals surface area contributed by atoms with E-state index in [-0.39, 0.29) is 5.54 Å². The number of halogens is 1. The van der Waals surface area contributed by atoms with Gasteiger partial charge in [0.2, 0.25) is 0 Å². The molecule has 0 aliphatic heterocycles. The van der Waals surface area contributed by atoms with Crippen LogP contribution in [-0.4, -0.2) is 43.9 Å². The van der Waals surface area contributed by atoms with Crippen LogP contribution in [0.15, 0.2) is 0 Å². The number of fused-ring (bicyclic) bond motifs is 1. The van der Waals surface area contributed by atoms with Crippen molar-refractivity contribution in [2.45, 2.75) is 50.6 Å². The van der Waals surface area contributed by atoms with Crippen LogP contribution in [0, 0.1) is 0 Å². The lowest BCUT2D eigenvalue weighted by Crippen LogP contribution is -2.53. The van der Waals surface area contributed by atoms with Gasteiger partial charge >= 0.3 is 0 Å². The van der Waals surface area contributed by atoms with Gasteiger partial charge in [0.15, 0.2) is 5.65 Å². The van der Waals surface area contributed by atoms with Crippen molar-refractivity contribution >= 4 is 22.8 Å². The summed E-state index contributed by atoms with van der Waals surface area (Å²) in [5.74, 6) is 1.41. The van der Waals surface area contributed by atoms with Gasteiger partial charge in [-0.05, 0) is 39.8 Å². The van der Waals surface area contributed by atoms with E-state index in [1.807, 2.05) is 11.7 Å². The standard InChI is InChI=1S/C15H24ClN5/c1-5-11-13-14(20(4)18-11)21(12(9-16)17-13)10-15(19(2)3)7-6-8-15/h5-10H2,1-4H3. The first kappa shape index (κ1) is 14.9. The molecule has 0 unspecified atom stereocenters. The lowest BCUT2D eigenvalue weighted by atomic mass is 9.75. The Hall–Kier alpha value is -1.07. The Morgan fingerprint density at radius 3 is 2.52 bits per heavy atom. The maximum Gasteiger partial charge on any atom is 0.158 e. The average molecular weight is 310 g/mol. The van der Waals surface area contributed by atoms with Gasteiger partial charge in [-0.15, -0.1) is 11.6 Å². The summed E-state index contributed by atoms with van der Waals surface area (Å²) < 4.78 is 4.24. The quantitative estimate of drug-likeness (QED) is 0.797. The maximum atomic E-state index is 6.15. The zero-order valence-corrected chi connectivity index (χ0v) is 14.1. The molecular weight excluding hydrogens is 286 g/mol. The van der Waals surface area contributed by atoms with Crippen molar-refractivity contribution in [3.63, 3.8) is 0 Å². The van der Waals surface area contributed by atoms with Gasteiger partial charge in [-0.2, -0.15) is 5.10 Å². The molecule has 2 aromatic rings. The van der Waals surface area contributed by atoms with Crippen LogP contribution >= 0.6 is 11.6 Å². The average Bonchev–Trinajstić information content (AvgIpc) is 2.91. The molecule has 0 saturated heterocycles. The fraction of sp³-hybridized carbons (Fsp3) is 0.733. The molecule has 21 heavy (non-hydrogen) atoms. The van der Waals surface area contributed by atoms with Gasteiger partial charge in [-0.25, -0.2) is 4.98 Å². The molecular formula is C15H24ClN5. The van der Waals surface area contributed by atoms with Crippen molar-refractivity contribution in [1.82, 2.24) is 24.2 Å². The Bertz CT molecular complexity index is 651. The second-order valence-electron chi connectivity index (χ2n) is 6.32. The number of hydrogen-bond donors (Lipinski definition) is 0. The third-order valence-electron chi connectivity index (χ3n) is 5.01. The summed E-state index contributed by atoms with van der Waals surface area (Å²) in [7, 11) is 6.35. The number of aromatic nitrogens is 4. The lowest BCUT2D eigenvalue weighted by Gasteiger charge is -2.47. The number of aryl methyl sites for hydroxylation is 2. The molecule has 6 heteroatoms. The van der Waals surface area contributed by atoms with Gasteiger partial charge in [-0.1, -0.05) is 6.92 Å². The predicted molar refractivity (Wildman–Crippen MR) is 85.7 cm³/mol. The Balaban J connectivity index is 2.10. The summed E-state index contributed by atoms with van der Waals surface area (Å²) in [6, 6.07) is 0. The first-order chi connectivity index (χ1) is 10.0. The third-order valence-corrected chi connectivity index (χ3v) is 5.25. The van der Waals surface area contributed by atoms with Gasteiger partial charge in [0.05, 0.1) is 11.6 Å². The van der Waals surface area contributed by atoms with Crippen molar-refractivity contribution in [2.75, 3.05) is 14.1 Å². The molecule has 1 saturated carbocycles. The van der Waals surface area contributed by atoms with Crippen LogP contribution in [-0.2, 0) is 25.9 Å². The molecule has 0 aromatic carbocycles. The Morgan fingerprint density at radius 2 is 2.05 bits per heavy atom. The van der Waals surface area contributed by atoms with Crippen molar-refractivity contribution in [3.8, 4) is 0 Å². The molecule has 0 atom stereocenters. The molecule has 2 heterocycles. The summed E-state index contributed by atoms with van der Waals surface area (Å²) in [5.41, 5.74) is 3.43. The molecule has 1 fully saturated rings. The van der Waals surface area contributed by atoms with Crippen LogP contribution < -0.4 is 0 Å². The Labute approximate surface area is 130 Å². The molecule has 2 aromatic heterocycles. The van der Waals surface area contributed by atoms with E-state index in [1.54, 1.807) is 0 Å². The number of rotatable bonds is 5. The minimum atomic E-state index is 0.241. The highest BCUT2D eigenvalue weighted by Gasteiger charge is 2.40. The van der Waals surface area contributed by atoms with Gasteiger partial charge in [-0.3, -0.25) is 4.68 Å². The Kier molecular flexibility index (Phi) is 3.74. The van der Waals surface area contributed by atoms with Crippen LogP contribution in [0.4, 0.5) is 0 Å². The fourth-order valence-electron chi connectivity index (χ4n) is 3.42. The molecule has 1 aliphatic carbocycles. The van der Waals surface area contributed by atoms with Crippen molar-refractivity contribution < 1.29 is 0 Å². The van der Waals surface area contributed by atoms with Crippen molar-refractivity contribution in [1.29, 1.82) is 0 Å². The molecule has 1 aliphatic rings. The van der Waals surface area contributed by atoms with E-state index in [9.17, 15) is 0 Å². The normalized spacial score (nSPS) is 17.6. The number of imidazole rings is 1. The zero-order valence-electron chi connectivity index (χ0n) is 13.4. The highest BCUT2D eigenvalue weighted by molar-refractivity contribution is 6.16. The van der Waals surface area contributed by atoms with Crippen LogP contribution in [0.2, 0.25) is 0 Å². The minimum absolute atomic E-state index is 0.241. The Morgan fingerprint density at radius 1 is 1.33 bits per heavy atom. The molecule has 0 radical (unpaired) electrons. The highest BCUT2D eigenvalue weighted by atomic mass is 35.5. The van der Waals surface area contributed by atoms with E-state index in [0.717, 1.165) is 35.6 Å². The van der Waals surface area contributed by atoms with E-state index >= 15 is 0 Å². The summed E-state index contributed by atoms with van der Waals surface area (Å²) in [6.45, 7) is 3.07. The van der Waals surface area contributed by atoms with Gasteiger partial charge in [0, 0.05) is 19.1 Å². The second-order valence-corrected chi connectivity index (χ2v) is 6.58. The van der Waals surface area contributed by atoms with Crippen LogP contribution in [0.1, 0.15) is 37.7 Å². The molecule has 0 N–H and O–H groups in total. The SMILES string of the molecule is CCc1nn(C)c2c1nc(CCl)n2CC1(N(C)C)CCC1. The third kappa shape index (κ3) is 2.18. The van der Waals surface area contributed by atoms with Crippen LogP contribution in [0.25, 0.3) is 11.2 Å². The maximum absolute atomic E-state index is 6.15. The van der Waals surface area contributed by atoms with E-state index < -0.39 is 0 Å². The van der Waals surface area contributed by atoms with Gasteiger partial charge < -0.3 is 9.47 Å². The first-order valence-corrected chi connectivity index (χ1v) is 8.20. The smallest absolute Gasteiger partial charge is 0.158 e. The number of alkyl halides is 1. The van der Waals surface area contributed by atoms with Crippen molar-refractivity contribution in [3.05, 3.63) is 11.5 Å². The summed E-state index contributed by atoms with van der Waals surface area (Å²) in [5, 5.41) is 4.60. The van der Waals surface area contributed by atoms with E-state index in [0.29, 0.717) is 5.88 Å². The van der Waals surface area contributed by atoms with E-state index in [2.05, 4.69) is 35.6 Å². The lowest BCUT2D eigenvalue weighted by molar-refractivity contribution is 0.0426. The van der Waals surface area contributed by atoms with Crippen LogP contribution in [0.3, 0.4) is 0 Å². The van der Waals surface area contributed by atoms with Gasteiger partial charge in [0.25, 0.3) is 0 Å². The molecule has 3 rings (SSSR count).